The first kappa shape index (κ1) is 13.9. The van der Waals surface area contributed by atoms with Crippen molar-refractivity contribution in [1.29, 1.82) is 0 Å². The smallest absolute Gasteiger partial charge is 0.249 e. The molecule has 4 nitrogen and oxygen atoms in total. The topological polar surface area (TPSA) is 49.4 Å². The Hall–Kier alpha value is -1.06. The average Bonchev–Trinajstić information content (AvgIpc) is 3.20. The number of piperazine rings is 1. The van der Waals surface area contributed by atoms with E-state index in [0.717, 1.165) is 19.4 Å². The minimum atomic E-state index is -0.659. The molecular weight excluding hydrogens is 252 g/mol. The van der Waals surface area contributed by atoms with Crippen molar-refractivity contribution in [3.8, 4) is 0 Å². The van der Waals surface area contributed by atoms with Gasteiger partial charge in [0.1, 0.15) is 11.6 Å². The molecule has 3 fully saturated rings. The molecule has 1 saturated heterocycles. The Morgan fingerprint density at radius 1 is 1.25 bits per heavy atom. The SMILES string of the molecule is CC(C)C1C(=O)NC(C)(C2CC2)C(=O)N1CC1(C)CC1. The molecule has 2 amide bonds. The quantitative estimate of drug-likeness (QED) is 0.854. The van der Waals surface area contributed by atoms with Crippen LogP contribution >= 0.6 is 0 Å². The zero-order valence-corrected chi connectivity index (χ0v) is 13.0. The van der Waals surface area contributed by atoms with Gasteiger partial charge >= 0.3 is 0 Å². The number of nitrogens with one attached hydrogen (secondary N) is 1. The molecule has 3 rings (SSSR count). The van der Waals surface area contributed by atoms with E-state index in [1.807, 2.05) is 25.7 Å². The summed E-state index contributed by atoms with van der Waals surface area (Å²) in [6.07, 6.45) is 4.45. The summed E-state index contributed by atoms with van der Waals surface area (Å²) in [5.41, 5.74) is -0.418. The molecule has 0 spiro atoms. The van der Waals surface area contributed by atoms with Crippen LogP contribution in [0.2, 0.25) is 0 Å². The highest BCUT2D eigenvalue weighted by atomic mass is 16.2. The van der Waals surface area contributed by atoms with Gasteiger partial charge in [0.05, 0.1) is 0 Å². The molecule has 2 aliphatic carbocycles. The summed E-state index contributed by atoms with van der Waals surface area (Å²) >= 11 is 0. The van der Waals surface area contributed by atoms with Crippen molar-refractivity contribution in [2.45, 2.75) is 65.0 Å². The van der Waals surface area contributed by atoms with Crippen LogP contribution in [-0.2, 0) is 9.59 Å². The summed E-state index contributed by atoms with van der Waals surface area (Å²) in [6, 6.07) is -0.299. The second-order valence-electron chi connectivity index (χ2n) is 7.90. The predicted molar refractivity (Wildman–Crippen MR) is 77.0 cm³/mol. The molecule has 4 heteroatoms. The van der Waals surface area contributed by atoms with Crippen molar-refractivity contribution in [3.63, 3.8) is 0 Å². The van der Waals surface area contributed by atoms with E-state index in [2.05, 4.69) is 12.2 Å². The highest BCUT2D eigenvalue weighted by Gasteiger charge is 2.57. The van der Waals surface area contributed by atoms with Gasteiger partial charge in [-0.2, -0.15) is 0 Å². The molecule has 1 heterocycles. The lowest BCUT2D eigenvalue weighted by molar-refractivity contribution is -0.158. The van der Waals surface area contributed by atoms with Gasteiger partial charge < -0.3 is 10.2 Å². The minimum Gasteiger partial charge on any atom is -0.340 e. The highest BCUT2D eigenvalue weighted by Crippen LogP contribution is 2.48. The molecular formula is C16H26N2O2. The van der Waals surface area contributed by atoms with E-state index in [-0.39, 0.29) is 29.2 Å². The first-order valence-corrected chi connectivity index (χ1v) is 7.90. The highest BCUT2D eigenvalue weighted by molar-refractivity contribution is 6.00. The van der Waals surface area contributed by atoms with E-state index >= 15 is 0 Å². The van der Waals surface area contributed by atoms with Crippen molar-refractivity contribution in [2.24, 2.45) is 17.3 Å². The molecule has 0 radical (unpaired) electrons. The Morgan fingerprint density at radius 2 is 1.85 bits per heavy atom. The van der Waals surface area contributed by atoms with Crippen LogP contribution in [-0.4, -0.2) is 34.8 Å². The van der Waals surface area contributed by atoms with Gasteiger partial charge in [0.15, 0.2) is 0 Å². The fourth-order valence-corrected chi connectivity index (χ4v) is 3.50. The zero-order valence-electron chi connectivity index (χ0n) is 13.0. The van der Waals surface area contributed by atoms with E-state index in [1.54, 1.807) is 0 Å². The normalized spacial score (nSPS) is 36.2. The van der Waals surface area contributed by atoms with Gasteiger partial charge in [-0.25, -0.2) is 0 Å². The molecule has 1 N–H and O–H groups in total. The number of carbonyl (C=O) groups is 2. The Bertz CT molecular complexity index is 451. The molecule has 1 aliphatic heterocycles. The third-order valence-electron chi connectivity index (χ3n) is 5.37. The Morgan fingerprint density at radius 3 is 2.30 bits per heavy atom. The van der Waals surface area contributed by atoms with Crippen LogP contribution in [0, 0.1) is 17.3 Å². The van der Waals surface area contributed by atoms with Crippen molar-refractivity contribution in [2.75, 3.05) is 6.54 Å². The Labute approximate surface area is 121 Å². The molecule has 0 aromatic rings. The van der Waals surface area contributed by atoms with Gasteiger partial charge in [0.25, 0.3) is 0 Å². The third-order valence-corrected chi connectivity index (χ3v) is 5.37. The average molecular weight is 278 g/mol. The van der Waals surface area contributed by atoms with Crippen molar-refractivity contribution in [3.05, 3.63) is 0 Å². The first-order chi connectivity index (χ1) is 9.27. The van der Waals surface area contributed by atoms with Crippen LogP contribution in [0.15, 0.2) is 0 Å². The maximum atomic E-state index is 13.0. The summed E-state index contributed by atoms with van der Waals surface area (Å²) in [6.45, 7) is 8.94. The van der Waals surface area contributed by atoms with E-state index in [0.29, 0.717) is 5.92 Å². The van der Waals surface area contributed by atoms with E-state index in [9.17, 15) is 9.59 Å². The van der Waals surface area contributed by atoms with Gasteiger partial charge in [0, 0.05) is 6.54 Å². The van der Waals surface area contributed by atoms with Crippen LogP contribution in [0.25, 0.3) is 0 Å². The third kappa shape index (κ3) is 2.13. The van der Waals surface area contributed by atoms with Crippen LogP contribution < -0.4 is 5.32 Å². The van der Waals surface area contributed by atoms with Gasteiger partial charge in [0.2, 0.25) is 11.8 Å². The van der Waals surface area contributed by atoms with Gasteiger partial charge in [-0.05, 0) is 49.9 Å². The number of rotatable bonds is 4. The summed E-state index contributed by atoms with van der Waals surface area (Å²) in [5, 5.41) is 3.04. The maximum absolute atomic E-state index is 13.0. The maximum Gasteiger partial charge on any atom is 0.249 e. The van der Waals surface area contributed by atoms with E-state index < -0.39 is 5.54 Å². The van der Waals surface area contributed by atoms with Gasteiger partial charge in [-0.15, -0.1) is 0 Å². The van der Waals surface area contributed by atoms with Crippen LogP contribution in [0.5, 0.6) is 0 Å². The predicted octanol–water partition coefficient (Wildman–Crippen LogP) is 1.94. The van der Waals surface area contributed by atoms with E-state index in [4.69, 9.17) is 0 Å². The van der Waals surface area contributed by atoms with Crippen LogP contribution in [0.3, 0.4) is 0 Å². The summed E-state index contributed by atoms with van der Waals surface area (Å²) < 4.78 is 0. The number of nitrogens with zero attached hydrogens (tertiary/aromatic N) is 1. The molecule has 112 valence electrons. The Balaban J connectivity index is 1.90. The molecule has 0 aromatic heterocycles. The molecule has 2 atom stereocenters. The van der Waals surface area contributed by atoms with Crippen molar-refractivity contribution < 1.29 is 9.59 Å². The summed E-state index contributed by atoms with van der Waals surface area (Å²) in [5.74, 6) is 0.677. The fourth-order valence-electron chi connectivity index (χ4n) is 3.50. The second kappa shape index (κ2) is 4.22. The van der Waals surface area contributed by atoms with Gasteiger partial charge in [-0.3, -0.25) is 9.59 Å². The summed E-state index contributed by atoms with van der Waals surface area (Å²) in [4.78, 5) is 27.4. The van der Waals surface area contributed by atoms with Crippen LogP contribution in [0.1, 0.15) is 53.4 Å². The molecule has 20 heavy (non-hydrogen) atoms. The molecule has 3 aliphatic rings. The first-order valence-electron chi connectivity index (χ1n) is 7.90. The molecule has 2 saturated carbocycles. The molecule has 0 bridgehead atoms. The lowest BCUT2D eigenvalue weighted by Crippen LogP contribution is -2.71. The number of amides is 2. The second-order valence-corrected chi connectivity index (χ2v) is 7.90. The minimum absolute atomic E-state index is 0.0400. The lowest BCUT2D eigenvalue weighted by Gasteiger charge is -2.47. The van der Waals surface area contributed by atoms with Crippen molar-refractivity contribution in [1.82, 2.24) is 10.2 Å². The largest absolute Gasteiger partial charge is 0.340 e. The fraction of sp³-hybridized carbons (Fsp3) is 0.875. The number of hydrogen-bond acceptors (Lipinski definition) is 2. The Kier molecular flexibility index (Phi) is 2.93. The lowest BCUT2D eigenvalue weighted by atomic mass is 9.86. The zero-order chi connectivity index (χ0) is 14.7. The number of carbonyl (C=O) groups excluding carboxylic acids is 2. The molecule has 2 unspecified atom stereocenters. The van der Waals surface area contributed by atoms with Crippen molar-refractivity contribution >= 4 is 11.8 Å². The van der Waals surface area contributed by atoms with E-state index in [1.165, 1.54) is 12.8 Å². The van der Waals surface area contributed by atoms with Crippen LogP contribution in [0.4, 0.5) is 0 Å². The standard InChI is InChI=1S/C16H26N2O2/c1-10(2)12-13(19)17-16(4,11-5-6-11)14(20)18(12)9-15(3)7-8-15/h10-12H,5-9H2,1-4H3,(H,17,19). The summed E-state index contributed by atoms with van der Waals surface area (Å²) in [7, 11) is 0. The monoisotopic (exact) mass is 278 g/mol. The number of hydrogen-bond donors (Lipinski definition) is 1. The van der Waals surface area contributed by atoms with Gasteiger partial charge in [-0.1, -0.05) is 20.8 Å². The molecule has 0 aromatic carbocycles.